The highest BCUT2D eigenvalue weighted by atomic mass is 35.5. The highest BCUT2D eigenvalue weighted by Gasteiger charge is 2.16. The third-order valence-corrected chi connectivity index (χ3v) is 4.48. The van der Waals surface area contributed by atoms with Gasteiger partial charge in [0.05, 0.1) is 11.6 Å². The molecule has 2 aromatic rings. The molecule has 0 aliphatic carbocycles. The topological polar surface area (TPSA) is 76.9 Å². The van der Waals surface area contributed by atoms with E-state index in [4.69, 9.17) is 23.2 Å². The average Bonchev–Trinajstić information content (AvgIpc) is 2.76. The molecule has 0 radical (unpaired) electrons. The first-order valence-corrected chi connectivity index (χ1v) is 7.41. The van der Waals surface area contributed by atoms with Crippen molar-refractivity contribution in [3.05, 3.63) is 40.7 Å². The van der Waals surface area contributed by atoms with Gasteiger partial charge in [0.25, 0.3) is 0 Å². The summed E-state index contributed by atoms with van der Waals surface area (Å²) in [7, 11) is -1.93. The number of nitrogens with zero attached hydrogens (tertiary/aromatic N) is 3. The molecular weight excluding hydrogens is 311 g/mol. The fourth-order valence-electron chi connectivity index (χ4n) is 1.36. The van der Waals surface area contributed by atoms with Crippen LogP contribution in [0.5, 0.6) is 0 Å². The lowest BCUT2D eigenvalue weighted by molar-refractivity contribution is 0.577. The first kappa shape index (κ1) is 14.3. The lowest BCUT2D eigenvalue weighted by atomic mass is 10.5. The van der Waals surface area contributed by atoms with E-state index in [1.54, 1.807) is 24.0 Å². The standard InChI is InChI=1S/C10H10Cl2N4O2S/c1-16-3-2-13-9(16)6-15-19(17,18)7-4-8(11)10(12)14-5-7/h2-5,15H,6H2,1H3. The van der Waals surface area contributed by atoms with E-state index in [0.717, 1.165) is 6.20 Å². The normalized spacial score (nSPS) is 11.7. The lowest BCUT2D eigenvalue weighted by Crippen LogP contribution is -2.24. The molecule has 19 heavy (non-hydrogen) atoms. The summed E-state index contributed by atoms with van der Waals surface area (Å²) in [5.74, 6) is 0.594. The summed E-state index contributed by atoms with van der Waals surface area (Å²) in [6.45, 7) is 0.0755. The van der Waals surface area contributed by atoms with Crippen LogP contribution >= 0.6 is 23.2 Å². The van der Waals surface area contributed by atoms with Crippen LogP contribution in [0.1, 0.15) is 5.82 Å². The molecule has 0 aliphatic heterocycles. The van der Waals surface area contributed by atoms with E-state index in [1.807, 2.05) is 0 Å². The van der Waals surface area contributed by atoms with E-state index < -0.39 is 10.0 Å². The van der Waals surface area contributed by atoms with Gasteiger partial charge in [0.15, 0.2) is 0 Å². The third-order valence-electron chi connectivity index (χ3n) is 2.42. The molecule has 2 heterocycles. The maximum absolute atomic E-state index is 12.0. The predicted molar refractivity (Wildman–Crippen MR) is 71.5 cm³/mol. The van der Waals surface area contributed by atoms with Crippen LogP contribution < -0.4 is 4.72 Å². The fraction of sp³-hybridized carbons (Fsp3) is 0.200. The van der Waals surface area contributed by atoms with Crippen LogP contribution in [0, 0.1) is 0 Å². The summed E-state index contributed by atoms with van der Waals surface area (Å²) in [6, 6.07) is 1.25. The second kappa shape index (κ2) is 5.46. The molecule has 102 valence electrons. The van der Waals surface area contributed by atoms with E-state index in [-0.39, 0.29) is 21.6 Å². The molecule has 0 saturated carbocycles. The van der Waals surface area contributed by atoms with Crippen molar-refractivity contribution in [1.29, 1.82) is 0 Å². The highest BCUT2D eigenvalue weighted by Crippen LogP contribution is 2.22. The number of nitrogens with one attached hydrogen (secondary N) is 1. The summed E-state index contributed by atoms with van der Waals surface area (Å²) < 4.78 is 28.2. The summed E-state index contributed by atoms with van der Waals surface area (Å²) in [6.07, 6.45) is 4.46. The van der Waals surface area contributed by atoms with Gasteiger partial charge in [-0.3, -0.25) is 0 Å². The van der Waals surface area contributed by atoms with Gasteiger partial charge in [0, 0.05) is 25.6 Å². The van der Waals surface area contributed by atoms with Crippen LogP contribution in [-0.2, 0) is 23.6 Å². The van der Waals surface area contributed by atoms with Crippen LogP contribution in [0.2, 0.25) is 10.2 Å². The smallest absolute Gasteiger partial charge is 0.242 e. The number of rotatable bonds is 4. The molecule has 0 spiro atoms. The van der Waals surface area contributed by atoms with Crippen LogP contribution in [0.4, 0.5) is 0 Å². The second-order valence-corrected chi connectivity index (χ2v) is 6.25. The first-order chi connectivity index (χ1) is 8.90. The van der Waals surface area contributed by atoms with Crippen molar-refractivity contribution in [3.63, 3.8) is 0 Å². The third kappa shape index (κ3) is 3.24. The minimum absolute atomic E-state index is 0.0453. The SMILES string of the molecule is Cn1ccnc1CNS(=O)(=O)c1cnc(Cl)c(Cl)c1. The number of imidazole rings is 1. The molecule has 0 unspecified atom stereocenters. The zero-order valence-corrected chi connectivity index (χ0v) is 12.2. The van der Waals surface area contributed by atoms with Crippen LogP contribution in [0.3, 0.4) is 0 Å². The van der Waals surface area contributed by atoms with Gasteiger partial charge in [-0.05, 0) is 6.07 Å². The largest absolute Gasteiger partial charge is 0.337 e. The molecule has 1 N–H and O–H groups in total. The number of sulfonamides is 1. The van der Waals surface area contributed by atoms with Gasteiger partial charge in [0.1, 0.15) is 15.9 Å². The van der Waals surface area contributed by atoms with Gasteiger partial charge in [0.2, 0.25) is 10.0 Å². The van der Waals surface area contributed by atoms with E-state index in [1.165, 1.54) is 6.07 Å². The van der Waals surface area contributed by atoms with E-state index in [9.17, 15) is 8.42 Å². The van der Waals surface area contributed by atoms with Gasteiger partial charge in [-0.2, -0.15) is 0 Å². The number of hydrogen-bond acceptors (Lipinski definition) is 4. The summed E-state index contributed by atoms with van der Waals surface area (Å²) in [5.41, 5.74) is 0. The average molecular weight is 321 g/mol. The van der Waals surface area contributed by atoms with Crippen LogP contribution in [0.25, 0.3) is 0 Å². The highest BCUT2D eigenvalue weighted by molar-refractivity contribution is 7.89. The van der Waals surface area contributed by atoms with Crippen molar-refractivity contribution < 1.29 is 8.42 Å². The van der Waals surface area contributed by atoms with Crippen molar-refractivity contribution in [3.8, 4) is 0 Å². The van der Waals surface area contributed by atoms with Gasteiger partial charge >= 0.3 is 0 Å². The lowest BCUT2D eigenvalue weighted by Gasteiger charge is -2.07. The summed E-state index contributed by atoms with van der Waals surface area (Å²) in [4.78, 5) is 7.67. The summed E-state index contributed by atoms with van der Waals surface area (Å²) in [5, 5.41) is 0.145. The molecule has 9 heteroatoms. The monoisotopic (exact) mass is 320 g/mol. The van der Waals surface area contributed by atoms with Crippen molar-refractivity contribution in [2.75, 3.05) is 0 Å². The van der Waals surface area contributed by atoms with Gasteiger partial charge in [-0.15, -0.1) is 0 Å². The molecule has 0 atom stereocenters. The molecule has 0 amide bonds. The number of pyridine rings is 1. The van der Waals surface area contributed by atoms with Crippen molar-refractivity contribution >= 4 is 33.2 Å². The Morgan fingerprint density at radius 2 is 2.11 bits per heavy atom. The maximum atomic E-state index is 12.0. The second-order valence-electron chi connectivity index (χ2n) is 3.72. The molecular formula is C10H10Cl2N4O2S. The van der Waals surface area contributed by atoms with Crippen molar-refractivity contribution in [2.45, 2.75) is 11.4 Å². The molecule has 2 rings (SSSR count). The van der Waals surface area contributed by atoms with E-state index >= 15 is 0 Å². The van der Waals surface area contributed by atoms with Crippen LogP contribution in [-0.4, -0.2) is 23.0 Å². The Kier molecular flexibility index (Phi) is 4.10. The Morgan fingerprint density at radius 1 is 1.37 bits per heavy atom. The summed E-state index contributed by atoms with van der Waals surface area (Å²) >= 11 is 11.4. The molecule has 0 fully saturated rings. The Morgan fingerprint density at radius 3 is 2.68 bits per heavy atom. The fourth-order valence-corrected chi connectivity index (χ4v) is 2.65. The maximum Gasteiger partial charge on any atom is 0.242 e. The minimum atomic E-state index is -3.70. The van der Waals surface area contributed by atoms with E-state index in [2.05, 4.69) is 14.7 Å². The number of aromatic nitrogens is 3. The Bertz CT molecular complexity index is 699. The van der Waals surface area contributed by atoms with Gasteiger partial charge in [-0.25, -0.2) is 23.1 Å². The van der Waals surface area contributed by atoms with Gasteiger partial charge in [-0.1, -0.05) is 23.2 Å². The first-order valence-electron chi connectivity index (χ1n) is 5.17. The zero-order valence-electron chi connectivity index (χ0n) is 9.84. The Balaban J connectivity index is 2.18. The molecule has 0 bridgehead atoms. The number of halogens is 2. The zero-order chi connectivity index (χ0) is 14.0. The van der Waals surface area contributed by atoms with Crippen molar-refractivity contribution in [1.82, 2.24) is 19.3 Å². The Hall–Kier alpha value is -1.15. The molecule has 0 aliphatic rings. The molecule has 0 aromatic carbocycles. The molecule has 6 nitrogen and oxygen atoms in total. The predicted octanol–water partition coefficient (Wildman–Crippen LogP) is 1.60. The van der Waals surface area contributed by atoms with Crippen LogP contribution in [0.15, 0.2) is 29.6 Å². The number of aryl methyl sites for hydroxylation is 1. The van der Waals surface area contributed by atoms with Gasteiger partial charge < -0.3 is 4.57 Å². The van der Waals surface area contributed by atoms with Crippen molar-refractivity contribution in [2.24, 2.45) is 7.05 Å². The van der Waals surface area contributed by atoms with E-state index in [0.29, 0.717) is 5.82 Å². The Labute approximate surface area is 120 Å². The quantitative estimate of drug-likeness (QED) is 0.868. The minimum Gasteiger partial charge on any atom is -0.337 e. The number of hydrogen-bond donors (Lipinski definition) is 1. The molecule has 0 saturated heterocycles. The molecule has 2 aromatic heterocycles.